The first-order valence-corrected chi connectivity index (χ1v) is 16.2. The first kappa shape index (κ1) is 35.8. The van der Waals surface area contributed by atoms with Gasteiger partial charge < -0.3 is 54.8 Å². The molecule has 1 aromatic heterocycles. The summed E-state index contributed by atoms with van der Waals surface area (Å²) in [6, 6.07) is -1.08. The zero-order valence-electron chi connectivity index (χ0n) is 21.5. The van der Waals surface area contributed by atoms with E-state index >= 15 is 0 Å². The van der Waals surface area contributed by atoms with E-state index in [9.17, 15) is 68.1 Å². The van der Waals surface area contributed by atoms with Crippen molar-refractivity contribution in [3.05, 3.63) is 33.1 Å². The Kier molecular flexibility index (Phi) is 11.4. The number of rotatable bonds is 12. The highest BCUT2D eigenvalue weighted by atomic mass is 31.3. The molecule has 2 aliphatic heterocycles. The summed E-state index contributed by atoms with van der Waals surface area (Å²) in [6.07, 6.45) is -14.3. The number of hydrogen-bond acceptors (Lipinski definition) is 16. The van der Waals surface area contributed by atoms with Gasteiger partial charge in [0.25, 0.3) is 5.56 Å². The minimum absolute atomic E-state index is 0.690. The van der Waals surface area contributed by atoms with E-state index in [4.69, 9.17) is 9.47 Å². The summed E-state index contributed by atoms with van der Waals surface area (Å²) in [6.45, 7) is -1.30. The van der Waals surface area contributed by atoms with E-state index in [1.54, 1.807) is 0 Å². The minimum atomic E-state index is -5.82. The predicted molar refractivity (Wildman–Crippen MR) is 131 cm³/mol. The number of aromatic nitrogens is 2. The lowest BCUT2D eigenvalue weighted by molar-refractivity contribution is -0.245. The first-order chi connectivity index (χ1) is 19.7. The Morgan fingerprint density at radius 2 is 1.65 bits per heavy atom. The van der Waals surface area contributed by atoms with Gasteiger partial charge in [0.05, 0.1) is 13.2 Å². The molecule has 11 atom stereocenters. The zero-order valence-corrected chi connectivity index (χ0v) is 24.2. The van der Waals surface area contributed by atoms with Crippen molar-refractivity contribution in [2.24, 2.45) is 0 Å². The van der Waals surface area contributed by atoms with Crippen molar-refractivity contribution in [3.8, 4) is 0 Å². The van der Waals surface area contributed by atoms with Crippen LogP contribution in [0.1, 0.15) is 13.2 Å². The maximum atomic E-state index is 12.6. The van der Waals surface area contributed by atoms with Gasteiger partial charge in [0.2, 0.25) is 5.91 Å². The second-order valence-electron chi connectivity index (χ2n) is 8.99. The lowest BCUT2D eigenvalue weighted by atomic mass is 9.97. The molecule has 1 amide bonds. The summed E-state index contributed by atoms with van der Waals surface area (Å²) in [7, 11) is -16.9. The van der Waals surface area contributed by atoms with Gasteiger partial charge in [-0.05, 0) is 0 Å². The molecular formula is C17H28N3O20P3. The lowest BCUT2D eigenvalue weighted by Gasteiger charge is -2.43. The molecule has 2 fully saturated rings. The van der Waals surface area contributed by atoms with E-state index < -0.39 is 109 Å². The number of H-pyrrole nitrogens is 1. The van der Waals surface area contributed by atoms with Crippen LogP contribution in [0.4, 0.5) is 0 Å². The average Bonchev–Trinajstić information content (AvgIpc) is 3.13. The second kappa shape index (κ2) is 13.7. The molecule has 1 aromatic rings. The van der Waals surface area contributed by atoms with Crippen molar-refractivity contribution < 1.29 is 85.8 Å². The normalized spacial score (nSPS) is 34.3. The number of hydrogen-bond donors (Lipinski definition) is 10. The van der Waals surface area contributed by atoms with Gasteiger partial charge in [0.1, 0.15) is 42.7 Å². The number of aliphatic hydroxyl groups is 4. The maximum absolute atomic E-state index is 12.6. The van der Waals surface area contributed by atoms with Crippen LogP contribution >= 0.6 is 23.5 Å². The highest BCUT2D eigenvalue weighted by Crippen LogP contribution is 2.61. The smallest absolute Gasteiger partial charge is 0.394 e. The SMILES string of the molecule is CC(=O)N[C@@H]1[C@@H](OP(=O)(O)OP(=O)(O)OC[C@@H]2O[C@H](n3ccc(=O)[nH]c3=O)[C@@H](O)[C@H]2O)O[C@@H](CO)[C@H](O)[C@H]1OP(=O)(O)O. The van der Waals surface area contributed by atoms with Crippen molar-refractivity contribution >= 4 is 29.4 Å². The van der Waals surface area contributed by atoms with Gasteiger partial charge in [-0.25, -0.2) is 18.5 Å². The number of aliphatic hydroxyl groups excluding tert-OH is 4. The van der Waals surface area contributed by atoms with Crippen LogP contribution in [0.3, 0.4) is 0 Å². The maximum Gasteiger partial charge on any atom is 0.483 e. The molecule has 23 nitrogen and oxygen atoms in total. The summed E-state index contributed by atoms with van der Waals surface area (Å²) in [5.74, 6) is -0.958. The number of nitrogens with zero attached hydrogens (tertiary/aromatic N) is 1. The van der Waals surface area contributed by atoms with Crippen LogP contribution in [0.15, 0.2) is 21.9 Å². The molecule has 0 aromatic carbocycles. The molecule has 10 N–H and O–H groups in total. The van der Waals surface area contributed by atoms with Crippen molar-refractivity contribution in [1.29, 1.82) is 0 Å². The number of aromatic amines is 1. The molecule has 246 valence electrons. The van der Waals surface area contributed by atoms with Crippen LogP contribution in [-0.4, -0.2) is 118 Å². The third kappa shape index (κ3) is 9.39. The second-order valence-corrected chi connectivity index (χ2v) is 13.2. The van der Waals surface area contributed by atoms with Crippen LogP contribution in [0.5, 0.6) is 0 Å². The van der Waals surface area contributed by atoms with Gasteiger partial charge >= 0.3 is 29.2 Å². The van der Waals surface area contributed by atoms with E-state index in [1.807, 2.05) is 10.3 Å². The highest BCUT2D eigenvalue weighted by Gasteiger charge is 2.52. The Morgan fingerprint density at radius 1 is 1.00 bits per heavy atom. The summed E-state index contributed by atoms with van der Waals surface area (Å²) in [5.41, 5.74) is -1.81. The Labute approximate surface area is 239 Å². The van der Waals surface area contributed by atoms with E-state index in [0.717, 1.165) is 19.2 Å². The fraction of sp³-hybridized carbons (Fsp3) is 0.706. The van der Waals surface area contributed by atoms with Gasteiger partial charge in [-0.1, -0.05) is 0 Å². The van der Waals surface area contributed by atoms with Gasteiger partial charge in [-0.2, -0.15) is 4.31 Å². The van der Waals surface area contributed by atoms with E-state index in [1.165, 1.54) is 0 Å². The van der Waals surface area contributed by atoms with Crippen molar-refractivity contribution in [3.63, 3.8) is 0 Å². The monoisotopic (exact) mass is 687 g/mol. The Bertz CT molecular complexity index is 1410. The molecule has 0 spiro atoms. The minimum Gasteiger partial charge on any atom is -0.394 e. The summed E-state index contributed by atoms with van der Waals surface area (Å²) in [5, 5.41) is 42.2. The molecule has 0 radical (unpaired) electrons. The molecule has 0 aliphatic carbocycles. The lowest BCUT2D eigenvalue weighted by Crippen LogP contribution is -2.64. The van der Waals surface area contributed by atoms with Crippen molar-refractivity contribution in [1.82, 2.24) is 14.9 Å². The molecule has 0 saturated carbocycles. The van der Waals surface area contributed by atoms with E-state index in [2.05, 4.69) is 17.9 Å². The van der Waals surface area contributed by atoms with Crippen molar-refractivity contribution in [2.45, 2.75) is 62.1 Å². The zero-order chi connectivity index (χ0) is 32.5. The predicted octanol–water partition coefficient (Wildman–Crippen LogP) is -4.53. The Morgan fingerprint density at radius 3 is 2.21 bits per heavy atom. The Balaban J connectivity index is 1.72. The molecule has 3 rings (SSSR count). The van der Waals surface area contributed by atoms with E-state index in [-0.39, 0.29) is 0 Å². The van der Waals surface area contributed by atoms with E-state index in [0.29, 0.717) is 4.57 Å². The summed E-state index contributed by atoms with van der Waals surface area (Å²) >= 11 is 0. The topological polar surface area (TPSA) is 352 Å². The van der Waals surface area contributed by atoms with Crippen LogP contribution < -0.4 is 16.6 Å². The average molecular weight is 687 g/mol. The van der Waals surface area contributed by atoms with Gasteiger partial charge in [-0.3, -0.25) is 32.7 Å². The van der Waals surface area contributed by atoms with Gasteiger partial charge in [0, 0.05) is 19.2 Å². The van der Waals surface area contributed by atoms with Crippen LogP contribution in [0.2, 0.25) is 0 Å². The number of nitrogens with one attached hydrogen (secondary N) is 2. The number of carbonyl (C=O) groups is 1. The van der Waals surface area contributed by atoms with Gasteiger partial charge in [-0.15, -0.1) is 0 Å². The highest BCUT2D eigenvalue weighted by molar-refractivity contribution is 7.61. The fourth-order valence-electron chi connectivity index (χ4n) is 4.03. The molecule has 26 heteroatoms. The molecule has 0 bridgehead atoms. The molecular weight excluding hydrogens is 659 g/mol. The molecule has 2 aliphatic rings. The third-order valence-corrected chi connectivity index (χ3v) is 8.91. The quantitative estimate of drug-likeness (QED) is 0.0925. The fourth-order valence-corrected chi connectivity index (χ4v) is 6.76. The molecule has 2 unspecified atom stereocenters. The number of carbonyl (C=O) groups excluding carboxylic acids is 1. The summed E-state index contributed by atoms with van der Waals surface area (Å²) < 4.78 is 65.3. The number of phosphoric ester groups is 3. The van der Waals surface area contributed by atoms with Crippen LogP contribution in [0, 0.1) is 0 Å². The third-order valence-electron chi connectivity index (χ3n) is 5.79. The summed E-state index contributed by atoms with van der Waals surface area (Å²) in [4.78, 5) is 75.3. The van der Waals surface area contributed by atoms with Crippen LogP contribution in [0.25, 0.3) is 0 Å². The van der Waals surface area contributed by atoms with Crippen molar-refractivity contribution in [2.75, 3.05) is 13.2 Å². The molecule has 3 heterocycles. The van der Waals surface area contributed by atoms with Crippen LogP contribution in [-0.2, 0) is 45.8 Å². The van der Waals surface area contributed by atoms with Gasteiger partial charge in [0.15, 0.2) is 12.5 Å². The number of ether oxygens (including phenoxy) is 2. The number of amides is 1. The largest absolute Gasteiger partial charge is 0.483 e. The standard InChI is InChI=1S/C17H28N3O20P3/c1-6(22)18-10-14(38-41(28,29)30)12(25)7(4-21)37-16(10)39-43(33,34)40-42(31,32)35-5-8-11(24)13(26)15(36-8)20-3-2-9(23)19-17(20)27/h2-3,7-8,10-16,21,24-26H,4-5H2,1H3,(H,18,22)(H,31,32)(H,33,34)(H,19,23,27)(H2,28,29,30)/t7-,8-,10-,11-,12-,13-,14-,15-,16+/m0/s1. The first-order valence-electron chi connectivity index (χ1n) is 11.7. The molecule has 2 saturated heterocycles. The number of phosphoric acid groups is 3. The Hall–Kier alpha value is -1.72. The molecule has 43 heavy (non-hydrogen) atoms.